The molecule has 24 heavy (non-hydrogen) atoms. The minimum absolute atomic E-state index is 0.592. The predicted octanol–water partition coefficient (Wildman–Crippen LogP) is 4.08. The number of ether oxygens (including phenoxy) is 1. The van der Waals surface area contributed by atoms with Gasteiger partial charge in [-0.15, -0.1) is 0 Å². The Morgan fingerprint density at radius 1 is 1.42 bits per heavy atom. The molecule has 0 radical (unpaired) electrons. The van der Waals surface area contributed by atoms with Gasteiger partial charge < -0.3 is 14.2 Å². The van der Waals surface area contributed by atoms with E-state index in [1.54, 1.807) is 0 Å². The number of rotatable bonds is 7. The van der Waals surface area contributed by atoms with Crippen molar-refractivity contribution in [3.63, 3.8) is 0 Å². The SMILES string of the molecule is C=C(C)C(/C=C\COCC1CCCN(c2nc(C)no2)CC1)=C/C. The molecule has 2 rings (SSSR count). The molecule has 0 saturated carbocycles. The van der Waals surface area contributed by atoms with E-state index in [4.69, 9.17) is 9.26 Å². The van der Waals surface area contributed by atoms with E-state index in [-0.39, 0.29) is 0 Å². The van der Waals surface area contributed by atoms with Crippen molar-refractivity contribution in [2.45, 2.75) is 40.0 Å². The summed E-state index contributed by atoms with van der Waals surface area (Å²) in [5.41, 5.74) is 2.24. The van der Waals surface area contributed by atoms with Crippen molar-refractivity contribution in [2.24, 2.45) is 5.92 Å². The highest BCUT2D eigenvalue weighted by Crippen LogP contribution is 2.21. The Labute approximate surface area is 145 Å². The van der Waals surface area contributed by atoms with Crippen molar-refractivity contribution in [3.05, 3.63) is 41.8 Å². The minimum Gasteiger partial charge on any atom is -0.377 e. The molecule has 0 aromatic carbocycles. The highest BCUT2D eigenvalue weighted by atomic mass is 16.5. The zero-order valence-electron chi connectivity index (χ0n) is 15.1. The summed E-state index contributed by atoms with van der Waals surface area (Å²) < 4.78 is 11.1. The molecule has 1 aliphatic rings. The van der Waals surface area contributed by atoms with Gasteiger partial charge in [0.15, 0.2) is 5.82 Å². The zero-order chi connectivity index (χ0) is 17.4. The van der Waals surface area contributed by atoms with Gasteiger partial charge in [0.05, 0.1) is 6.61 Å². The van der Waals surface area contributed by atoms with Crippen LogP contribution >= 0.6 is 0 Å². The topological polar surface area (TPSA) is 51.4 Å². The van der Waals surface area contributed by atoms with Gasteiger partial charge in [-0.2, -0.15) is 4.98 Å². The van der Waals surface area contributed by atoms with Crippen LogP contribution < -0.4 is 4.90 Å². The van der Waals surface area contributed by atoms with Gasteiger partial charge in [-0.05, 0) is 51.5 Å². The highest BCUT2D eigenvalue weighted by Gasteiger charge is 2.20. The Kier molecular flexibility index (Phi) is 7.25. The Bertz CT molecular complexity index is 589. The largest absolute Gasteiger partial charge is 0.377 e. The number of hydrogen-bond acceptors (Lipinski definition) is 5. The van der Waals surface area contributed by atoms with Crippen molar-refractivity contribution in [1.29, 1.82) is 0 Å². The molecule has 5 nitrogen and oxygen atoms in total. The third-order valence-electron chi connectivity index (χ3n) is 4.30. The van der Waals surface area contributed by atoms with Crippen LogP contribution in [0.1, 0.15) is 38.9 Å². The van der Waals surface area contributed by atoms with Crippen LogP contribution in [0.15, 0.2) is 40.5 Å². The number of anilines is 1. The van der Waals surface area contributed by atoms with E-state index >= 15 is 0 Å². The molecule has 1 fully saturated rings. The average molecular weight is 331 g/mol. The highest BCUT2D eigenvalue weighted by molar-refractivity contribution is 5.35. The Hall–Kier alpha value is -1.88. The first-order chi connectivity index (χ1) is 11.6. The lowest BCUT2D eigenvalue weighted by atomic mass is 10.0. The Morgan fingerprint density at radius 2 is 2.25 bits per heavy atom. The van der Waals surface area contributed by atoms with Crippen LogP contribution in [-0.4, -0.2) is 36.4 Å². The molecule has 1 unspecified atom stereocenters. The van der Waals surface area contributed by atoms with Crippen LogP contribution in [0.3, 0.4) is 0 Å². The normalized spacial score (nSPS) is 19.7. The smallest absolute Gasteiger partial charge is 0.324 e. The molecular weight excluding hydrogens is 302 g/mol. The molecule has 0 N–H and O–H groups in total. The summed E-state index contributed by atoms with van der Waals surface area (Å²) in [4.78, 5) is 6.51. The molecule has 0 spiro atoms. The lowest BCUT2D eigenvalue weighted by molar-refractivity contribution is 0.117. The van der Waals surface area contributed by atoms with Crippen LogP contribution in [-0.2, 0) is 4.74 Å². The molecule has 2 heterocycles. The fraction of sp³-hybridized carbons (Fsp3) is 0.579. The first kappa shape index (κ1) is 18.5. The molecular formula is C19H29N3O2. The number of allylic oxidation sites excluding steroid dienone is 4. The van der Waals surface area contributed by atoms with E-state index in [1.165, 1.54) is 12.0 Å². The summed E-state index contributed by atoms with van der Waals surface area (Å²) in [5, 5.41) is 3.87. The van der Waals surface area contributed by atoms with Gasteiger partial charge >= 0.3 is 6.01 Å². The predicted molar refractivity (Wildman–Crippen MR) is 97.1 cm³/mol. The number of aromatic nitrogens is 2. The van der Waals surface area contributed by atoms with E-state index in [2.05, 4.69) is 39.8 Å². The summed E-state index contributed by atoms with van der Waals surface area (Å²) in [6, 6.07) is 0.649. The summed E-state index contributed by atoms with van der Waals surface area (Å²) in [6.07, 6.45) is 9.61. The van der Waals surface area contributed by atoms with Gasteiger partial charge in [0, 0.05) is 19.7 Å². The van der Waals surface area contributed by atoms with Gasteiger partial charge in [0.2, 0.25) is 0 Å². The second kappa shape index (κ2) is 9.42. The van der Waals surface area contributed by atoms with E-state index in [0.29, 0.717) is 24.4 Å². The Balaban J connectivity index is 1.71. The first-order valence-electron chi connectivity index (χ1n) is 8.72. The van der Waals surface area contributed by atoms with Crippen LogP contribution in [0.4, 0.5) is 6.01 Å². The van der Waals surface area contributed by atoms with Crippen molar-refractivity contribution in [3.8, 4) is 0 Å². The van der Waals surface area contributed by atoms with Crippen molar-refractivity contribution in [2.75, 3.05) is 31.2 Å². The fourth-order valence-corrected chi connectivity index (χ4v) is 2.90. The third kappa shape index (κ3) is 5.64. The third-order valence-corrected chi connectivity index (χ3v) is 4.30. The average Bonchev–Trinajstić information content (AvgIpc) is 2.85. The van der Waals surface area contributed by atoms with E-state index in [0.717, 1.165) is 38.1 Å². The van der Waals surface area contributed by atoms with Crippen molar-refractivity contribution >= 4 is 6.01 Å². The fourth-order valence-electron chi connectivity index (χ4n) is 2.90. The molecule has 1 saturated heterocycles. The van der Waals surface area contributed by atoms with Gasteiger partial charge in [0.1, 0.15) is 0 Å². The first-order valence-corrected chi connectivity index (χ1v) is 8.72. The van der Waals surface area contributed by atoms with Crippen LogP contribution in [0.25, 0.3) is 0 Å². The Morgan fingerprint density at radius 3 is 2.92 bits per heavy atom. The summed E-state index contributed by atoms with van der Waals surface area (Å²) in [7, 11) is 0. The molecule has 1 aliphatic heterocycles. The van der Waals surface area contributed by atoms with E-state index in [1.807, 2.05) is 20.8 Å². The van der Waals surface area contributed by atoms with Crippen LogP contribution in [0.2, 0.25) is 0 Å². The lowest BCUT2D eigenvalue weighted by Gasteiger charge is -2.17. The summed E-state index contributed by atoms with van der Waals surface area (Å²) in [6.45, 7) is 13.2. The maximum absolute atomic E-state index is 5.83. The van der Waals surface area contributed by atoms with E-state index < -0.39 is 0 Å². The molecule has 0 aliphatic carbocycles. The maximum Gasteiger partial charge on any atom is 0.324 e. The molecule has 1 aromatic rings. The number of hydrogen-bond donors (Lipinski definition) is 0. The molecule has 132 valence electrons. The molecule has 0 amide bonds. The summed E-state index contributed by atoms with van der Waals surface area (Å²) >= 11 is 0. The van der Waals surface area contributed by atoms with Crippen LogP contribution in [0, 0.1) is 12.8 Å². The number of nitrogens with zero attached hydrogens (tertiary/aromatic N) is 3. The monoisotopic (exact) mass is 331 g/mol. The van der Waals surface area contributed by atoms with Gasteiger partial charge in [-0.25, -0.2) is 0 Å². The molecule has 1 aromatic heterocycles. The van der Waals surface area contributed by atoms with Gasteiger partial charge in [-0.3, -0.25) is 0 Å². The number of aryl methyl sites for hydroxylation is 1. The van der Waals surface area contributed by atoms with Crippen LogP contribution in [0.5, 0.6) is 0 Å². The van der Waals surface area contributed by atoms with Gasteiger partial charge in [-0.1, -0.05) is 35.5 Å². The lowest BCUT2D eigenvalue weighted by Crippen LogP contribution is -2.24. The summed E-state index contributed by atoms with van der Waals surface area (Å²) in [5.74, 6) is 1.28. The molecule has 5 heteroatoms. The second-order valence-corrected chi connectivity index (χ2v) is 6.37. The zero-order valence-corrected chi connectivity index (χ0v) is 15.1. The minimum atomic E-state index is 0.592. The van der Waals surface area contributed by atoms with Crippen molar-refractivity contribution < 1.29 is 9.26 Å². The van der Waals surface area contributed by atoms with E-state index in [9.17, 15) is 0 Å². The molecule has 1 atom stereocenters. The van der Waals surface area contributed by atoms with Gasteiger partial charge in [0.25, 0.3) is 0 Å². The quantitative estimate of drug-likeness (QED) is 0.556. The maximum atomic E-state index is 5.83. The van der Waals surface area contributed by atoms with Crippen molar-refractivity contribution in [1.82, 2.24) is 10.1 Å². The second-order valence-electron chi connectivity index (χ2n) is 6.37. The standard InChI is InChI=1S/C19H29N3O2/c1-5-18(15(2)3)9-7-13-23-14-17-8-6-11-22(12-10-17)19-20-16(4)21-24-19/h5,7,9,17H,2,6,8,10-14H2,1,3-4H3/b9-7-,18-5+. The molecule has 0 bridgehead atoms.